The fraction of sp³-hybridized carbons (Fsp3) is 0.600. The fourth-order valence-corrected chi connectivity index (χ4v) is 6.12. The van der Waals surface area contributed by atoms with Gasteiger partial charge in [-0.1, -0.05) is 12.5 Å². The van der Waals surface area contributed by atoms with Crippen LogP contribution in [0.4, 0.5) is 0 Å². The zero-order valence-electron chi connectivity index (χ0n) is 19.1. The summed E-state index contributed by atoms with van der Waals surface area (Å²) in [6.45, 7) is 5.20. The molecular weight excluding hydrogens is 420 g/mol. The molecule has 176 valence electrons. The molecule has 0 radical (unpaired) electrons. The molecule has 8 heteroatoms. The van der Waals surface area contributed by atoms with Crippen molar-refractivity contribution in [2.75, 3.05) is 13.1 Å². The summed E-state index contributed by atoms with van der Waals surface area (Å²) >= 11 is 0. The number of nitrogens with zero attached hydrogens (tertiary/aromatic N) is 2. The summed E-state index contributed by atoms with van der Waals surface area (Å²) in [5.74, 6) is -1.14. The Balaban J connectivity index is 1.36. The van der Waals surface area contributed by atoms with E-state index in [1.807, 2.05) is 12.1 Å². The van der Waals surface area contributed by atoms with Crippen LogP contribution in [0.15, 0.2) is 18.2 Å². The topological polar surface area (TPSA) is 98.8 Å². The Bertz CT molecular complexity index is 987. The average molecular weight is 453 g/mol. The van der Waals surface area contributed by atoms with Crippen molar-refractivity contribution in [3.05, 3.63) is 34.9 Å². The van der Waals surface area contributed by atoms with Gasteiger partial charge >= 0.3 is 0 Å². The lowest BCUT2D eigenvalue weighted by Crippen LogP contribution is -2.54. The van der Waals surface area contributed by atoms with Gasteiger partial charge in [0, 0.05) is 25.0 Å². The number of amides is 4. The van der Waals surface area contributed by atoms with E-state index >= 15 is 0 Å². The van der Waals surface area contributed by atoms with Crippen LogP contribution in [0.2, 0.25) is 0 Å². The van der Waals surface area contributed by atoms with Crippen molar-refractivity contribution in [2.24, 2.45) is 5.92 Å². The van der Waals surface area contributed by atoms with E-state index < -0.39 is 23.8 Å². The van der Waals surface area contributed by atoms with Crippen LogP contribution in [0, 0.1) is 5.92 Å². The van der Waals surface area contributed by atoms with Crippen LogP contribution in [0.1, 0.15) is 78.1 Å². The Labute approximate surface area is 194 Å². The lowest BCUT2D eigenvalue weighted by molar-refractivity contribution is -0.136. The van der Waals surface area contributed by atoms with Crippen LogP contribution in [0.25, 0.3) is 0 Å². The number of hydrogen-bond acceptors (Lipinski definition) is 6. The van der Waals surface area contributed by atoms with Crippen molar-refractivity contribution in [1.29, 1.82) is 0 Å². The summed E-state index contributed by atoms with van der Waals surface area (Å²) in [5, 5.41) is 5.71. The minimum absolute atomic E-state index is 0.125. The Morgan fingerprint density at radius 1 is 0.939 bits per heavy atom. The Kier molecular flexibility index (Phi) is 6.05. The molecular formula is C25H32N4O4. The molecule has 4 amide bonds. The smallest absolute Gasteiger partial charge is 0.262 e. The number of imide groups is 2. The maximum absolute atomic E-state index is 13.2. The highest BCUT2D eigenvalue weighted by Gasteiger charge is 2.44. The van der Waals surface area contributed by atoms with Gasteiger partial charge in [-0.3, -0.25) is 34.3 Å². The second-order valence-electron chi connectivity index (χ2n) is 9.93. The zero-order valence-corrected chi connectivity index (χ0v) is 19.1. The predicted octanol–water partition coefficient (Wildman–Crippen LogP) is 1.83. The Morgan fingerprint density at radius 2 is 1.70 bits per heavy atom. The predicted molar refractivity (Wildman–Crippen MR) is 121 cm³/mol. The second kappa shape index (κ2) is 8.99. The third-order valence-electron chi connectivity index (χ3n) is 7.91. The van der Waals surface area contributed by atoms with Crippen molar-refractivity contribution in [1.82, 2.24) is 20.4 Å². The van der Waals surface area contributed by atoms with Gasteiger partial charge in [0.25, 0.3) is 11.8 Å². The second-order valence-corrected chi connectivity index (χ2v) is 9.93. The number of benzene rings is 1. The number of likely N-dealkylation sites (tertiary alicyclic amines) is 1. The standard InChI is InChI=1S/C25H32N4O4/c1-15-3-2-4-20(17-9-11-26-12-10-17)28(15)14-16-5-6-18-19(13-16)25(33)29(24(18)32)21-7-8-22(30)27-23(21)31/h5-6,13,15,17,20-21,26H,2-4,7-12,14H2,1H3,(H,27,30,31)/t15-,20-,21?/m1/s1. The third-order valence-corrected chi connectivity index (χ3v) is 7.91. The number of carbonyl (C=O) groups excluding carboxylic acids is 4. The molecule has 0 aromatic heterocycles. The van der Waals surface area contributed by atoms with Crippen molar-refractivity contribution < 1.29 is 19.2 Å². The molecule has 1 aromatic carbocycles. The minimum atomic E-state index is -0.926. The molecule has 3 saturated heterocycles. The van der Waals surface area contributed by atoms with Crippen LogP contribution in [-0.4, -0.2) is 64.6 Å². The highest BCUT2D eigenvalue weighted by atomic mass is 16.2. The molecule has 3 atom stereocenters. The Hall–Kier alpha value is -2.58. The van der Waals surface area contributed by atoms with E-state index in [1.165, 1.54) is 32.1 Å². The molecule has 5 rings (SSSR count). The molecule has 8 nitrogen and oxygen atoms in total. The fourth-order valence-electron chi connectivity index (χ4n) is 6.12. The van der Waals surface area contributed by atoms with Crippen molar-refractivity contribution in [3.63, 3.8) is 0 Å². The van der Waals surface area contributed by atoms with E-state index in [4.69, 9.17) is 0 Å². The maximum Gasteiger partial charge on any atom is 0.262 e. The van der Waals surface area contributed by atoms with E-state index in [0.29, 0.717) is 29.1 Å². The van der Waals surface area contributed by atoms with Crippen LogP contribution in [-0.2, 0) is 16.1 Å². The summed E-state index contributed by atoms with van der Waals surface area (Å²) in [6, 6.07) is 5.60. The first-order valence-corrected chi connectivity index (χ1v) is 12.2. The number of hydrogen-bond donors (Lipinski definition) is 2. The first-order chi connectivity index (χ1) is 15.9. The van der Waals surface area contributed by atoms with Crippen LogP contribution >= 0.6 is 0 Å². The number of carbonyl (C=O) groups is 4. The molecule has 0 spiro atoms. The van der Waals surface area contributed by atoms with Gasteiger partial charge in [-0.15, -0.1) is 0 Å². The minimum Gasteiger partial charge on any atom is -0.317 e. The van der Waals surface area contributed by atoms with Gasteiger partial charge in [0.15, 0.2) is 0 Å². The van der Waals surface area contributed by atoms with E-state index in [0.717, 1.165) is 30.1 Å². The number of rotatable bonds is 4. The molecule has 33 heavy (non-hydrogen) atoms. The first-order valence-electron chi connectivity index (χ1n) is 12.2. The molecule has 1 unspecified atom stereocenters. The van der Waals surface area contributed by atoms with Crippen LogP contribution < -0.4 is 10.6 Å². The lowest BCUT2D eigenvalue weighted by Gasteiger charge is -2.45. The normalized spacial score (nSPS) is 29.4. The van der Waals surface area contributed by atoms with E-state index in [-0.39, 0.29) is 18.7 Å². The van der Waals surface area contributed by atoms with Crippen molar-refractivity contribution in [3.8, 4) is 0 Å². The summed E-state index contributed by atoms with van der Waals surface area (Å²) < 4.78 is 0. The monoisotopic (exact) mass is 452 g/mol. The van der Waals surface area contributed by atoms with Gasteiger partial charge in [0.2, 0.25) is 11.8 Å². The van der Waals surface area contributed by atoms with Gasteiger partial charge in [0.1, 0.15) is 6.04 Å². The lowest BCUT2D eigenvalue weighted by atomic mass is 9.82. The number of nitrogens with one attached hydrogen (secondary N) is 2. The molecule has 3 fully saturated rings. The molecule has 0 bridgehead atoms. The Morgan fingerprint density at radius 3 is 2.45 bits per heavy atom. The molecule has 1 aromatic rings. The number of fused-ring (bicyclic) bond motifs is 1. The van der Waals surface area contributed by atoms with Gasteiger partial charge in [-0.2, -0.15) is 0 Å². The third kappa shape index (κ3) is 4.10. The molecule has 4 aliphatic heterocycles. The number of piperidine rings is 3. The molecule has 2 N–H and O–H groups in total. The molecule has 0 saturated carbocycles. The van der Waals surface area contributed by atoms with Crippen molar-refractivity contribution in [2.45, 2.75) is 76.5 Å². The molecule has 0 aliphatic carbocycles. The largest absolute Gasteiger partial charge is 0.317 e. The van der Waals surface area contributed by atoms with E-state index in [1.54, 1.807) is 6.07 Å². The zero-order chi connectivity index (χ0) is 23.1. The van der Waals surface area contributed by atoms with Crippen LogP contribution in [0.5, 0.6) is 0 Å². The SMILES string of the molecule is C[C@@H]1CCC[C@H](C2CCNCC2)N1Cc1ccc2c(c1)C(=O)N(C1CCC(=O)NC1=O)C2=O. The summed E-state index contributed by atoms with van der Waals surface area (Å²) in [5.41, 5.74) is 1.73. The molecule has 4 heterocycles. The van der Waals surface area contributed by atoms with Gasteiger partial charge < -0.3 is 5.32 Å². The maximum atomic E-state index is 13.2. The van der Waals surface area contributed by atoms with Gasteiger partial charge in [0.05, 0.1) is 11.1 Å². The highest BCUT2D eigenvalue weighted by Crippen LogP contribution is 2.34. The van der Waals surface area contributed by atoms with Gasteiger partial charge in [-0.25, -0.2) is 0 Å². The summed E-state index contributed by atoms with van der Waals surface area (Å²) in [7, 11) is 0. The summed E-state index contributed by atoms with van der Waals surface area (Å²) in [4.78, 5) is 53.6. The highest BCUT2D eigenvalue weighted by molar-refractivity contribution is 6.23. The first kappa shape index (κ1) is 22.2. The van der Waals surface area contributed by atoms with Crippen molar-refractivity contribution >= 4 is 23.6 Å². The van der Waals surface area contributed by atoms with Gasteiger partial charge in [-0.05, 0) is 75.7 Å². The van der Waals surface area contributed by atoms with E-state index in [2.05, 4.69) is 22.5 Å². The average Bonchev–Trinajstić information content (AvgIpc) is 3.05. The van der Waals surface area contributed by atoms with E-state index in [9.17, 15) is 19.2 Å². The summed E-state index contributed by atoms with van der Waals surface area (Å²) in [6.07, 6.45) is 6.34. The van der Waals surface area contributed by atoms with Crippen LogP contribution in [0.3, 0.4) is 0 Å². The quantitative estimate of drug-likeness (QED) is 0.677. The molecule has 4 aliphatic rings.